The molecule has 0 aliphatic heterocycles. The number of carbonyl (C=O) groups excluding carboxylic acids is 1. The number of anilines is 1. The molecule has 1 heterocycles. The molecule has 1 aliphatic rings. The van der Waals surface area contributed by atoms with Crippen molar-refractivity contribution in [3.8, 4) is 0 Å². The first-order valence-corrected chi connectivity index (χ1v) is 6.04. The highest BCUT2D eigenvalue weighted by atomic mass is 16.5. The molecule has 5 heteroatoms. The zero-order valence-electron chi connectivity index (χ0n) is 10.6. The maximum atomic E-state index is 11.6. The van der Waals surface area contributed by atoms with E-state index in [1.54, 1.807) is 6.92 Å². The average molecular weight is 237 g/mol. The lowest BCUT2D eigenvalue weighted by atomic mass is 10.3. The lowest BCUT2D eigenvalue weighted by Gasteiger charge is -2.06. The molecule has 2 N–H and O–H groups in total. The van der Waals surface area contributed by atoms with Gasteiger partial charge in [0.1, 0.15) is 11.6 Å². The summed E-state index contributed by atoms with van der Waals surface area (Å²) < 4.78 is 6.84. The first-order chi connectivity index (χ1) is 8.04. The number of carbonyl (C=O) groups is 1. The van der Waals surface area contributed by atoms with Crippen molar-refractivity contribution in [2.45, 2.75) is 33.7 Å². The van der Waals surface area contributed by atoms with Crippen LogP contribution in [0.2, 0.25) is 0 Å². The van der Waals surface area contributed by atoms with Gasteiger partial charge in [-0.2, -0.15) is 0 Å². The van der Waals surface area contributed by atoms with Gasteiger partial charge in [0, 0.05) is 6.54 Å². The Morgan fingerprint density at radius 1 is 1.65 bits per heavy atom. The summed E-state index contributed by atoms with van der Waals surface area (Å²) in [6.45, 7) is 7.05. The smallest absolute Gasteiger partial charge is 0.360 e. The largest absolute Gasteiger partial charge is 0.461 e. The van der Waals surface area contributed by atoms with Gasteiger partial charge >= 0.3 is 5.97 Å². The second-order valence-corrected chi connectivity index (χ2v) is 4.70. The minimum Gasteiger partial charge on any atom is -0.461 e. The maximum absolute atomic E-state index is 11.6. The van der Waals surface area contributed by atoms with E-state index in [1.807, 2.05) is 11.5 Å². The molecule has 5 nitrogen and oxygen atoms in total. The maximum Gasteiger partial charge on any atom is 0.360 e. The van der Waals surface area contributed by atoms with Gasteiger partial charge in [-0.05, 0) is 32.1 Å². The zero-order chi connectivity index (χ0) is 12.6. The highest BCUT2D eigenvalue weighted by Crippen LogP contribution is 2.39. The zero-order valence-corrected chi connectivity index (χ0v) is 10.6. The molecule has 2 atom stereocenters. The summed E-state index contributed by atoms with van der Waals surface area (Å²) in [5.41, 5.74) is 6.20. The number of hydrogen-bond acceptors (Lipinski definition) is 4. The van der Waals surface area contributed by atoms with Crippen molar-refractivity contribution < 1.29 is 9.53 Å². The van der Waals surface area contributed by atoms with E-state index in [1.165, 1.54) is 6.42 Å². The van der Waals surface area contributed by atoms with Crippen LogP contribution < -0.4 is 5.73 Å². The third-order valence-electron chi connectivity index (χ3n) is 3.36. The highest BCUT2D eigenvalue weighted by Gasteiger charge is 2.34. The Kier molecular flexibility index (Phi) is 3.09. The molecular weight excluding hydrogens is 218 g/mol. The first kappa shape index (κ1) is 12.0. The monoisotopic (exact) mass is 237 g/mol. The number of nitrogen functional groups attached to an aromatic ring is 1. The fourth-order valence-corrected chi connectivity index (χ4v) is 2.05. The van der Waals surface area contributed by atoms with E-state index < -0.39 is 5.97 Å². The molecule has 1 fully saturated rings. The number of imidazole rings is 1. The van der Waals surface area contributed by atoms with Crippen molar-refractivity contribution in [1.82, 2.24) is 9.55 Å². The number of aryl methyl sites for hydroxylation is 1. The number of nitrogens with zero attached hydrogens (tertiary/aromatic N) is 2. The molecular formula is C12H19N3O2. The molecule has 2 rings (SSSR count). The third-order valence-corrected chi connectivity index (χ3v) is 3.36. The van der Waals surface area contributed by atoms with E-state index >= 15 is 0 Å². The summed E-state index contributed by atoms with van der Waals surface area (Å²) in [6, 6.07) is 0. The van der Waals surface area contributed by atoms with Gasteiger partial charge in [0.25, 0.3) is 0 Å². The number of ether oxygens (including phenoxy) is 1. The molecule has 1 aromatic rings. The highest BCUT2D eigenvalue weighted by molar-refractivity contribution is 5.92. The van der Waals surface area contributed by atoms with Crippen LogP contribution in [0.25, 0.3) is 0 Å². The summed E-state index contributed by atoms with van der Waals surface area (Å²) in [7, 11) is 0. The van der Waals surface area contributed by atoms with E-state index in [0.29, 0.717) is 18.3 Å². The van der Waals surface area contributed by atoms with Gasteiger partial charge in [-0.15, -0.1) is 0 Å². The van der Waals surface area contributed by atoms with Crippen LogP contribution in [0.15, 0.2) is 0 Å². The van der Waals surface area contributed by atoms with E-state index in [0.717, 1.165) is 18.3 Å². The Balaban J connectivity index is 2.19. The van der Waals surface area contributed by atoms with Gasteiger partial charge in [-0.3, -0.25) is 0 Å². The Bertz CT molecular complexity index is 439. The first-order valence-electron chi connectivity index (χ1n) is 6.04. The van der Waals surface area contributed by atoms with Gasteiger partial charge in [0.2, 0.25) is 0 Å². The molecule has 94 valence electrons. The molecule has 1 aromatic heterocycles. The topological polar surface area (TPSA) is 70.1 Å². The summed E-state index contributed by atoms with van der Waals surface area (Å²) in [5, 5.41) is 0. The van der Waals surface area contributed by atoms with Crippen LogP contribution in [0.3, 0.4) is 0 Å². The van der Waals surface area contributed by atoms with E-state index in [4.69, 9.17) is 10.5 Å². The summed E-state index contributed by atoms with van der Waals surface area (Å²) in [4.78, 5) is 15.8. The Morgan fingerprint density at radius 2 is 2.29 bits per heavy atom. The van der Waals surface area contributed by atoms with Crippen molar-refractivity contribution in [3.05, 3.63) is 11.5 Å². The third kappa shape index (κ3) is 2.28. The fourth-order valence-electron chi connectivity index (χ4n) is 2.05. The lowest BCUT2D eigenvalue weighted by molar-refractivity contribution is 0.0521. The molecule has 1 saturated carbocycles. The predicted octanol–water partition coefficient (Wildman–Crippen LogP) is 1.61. The number of hydrogen-bond donors (Lipinski definition) is 1. The molecule has 17 heavy (non-hydrogen) atoms. The standard InChI is InChI=1S/C12H19N3O2/c1-4-17-12(16)10-11(13)15(8(3)14-10)6-9-5-7(9)2/h7,9H,4-6,13H2,1-3H3. The van der Waals surface area contributed by atoms with Crippen LogP contribution in [0, 0.1) is 18.8 Å². The van der Waals surface area contributed by atoms with Crippen molar-refractivity contribution in [1.29, 1.82) is 0 Å². The van der Waals surface area contributed by atoms with Crippen LogP contribution in [-0.4, -0.2) is 22.1 Å². The normalized spacial score (nSPS) is 22.5. The van der Waals surface area contributed by atoms with Gasteiger partial charge < -0.3 is 15.0 Å². The number of esters is 1. The second kappa shape index (κ2) is 4.39. The average Bonchev–Trinajstić information content (AvgIpc) is 2.90. The van der Waals surface area contributed by atoms with Crippen molar-refractivity contribution in [3.63, 3.8) is 0 Å². The minimum absolute atomic E-state index is 0.248. The quantitative estimate of drug-likeness (QED) is 0.808. The predicted molar refractivity (Wildman–Crippen MR) is 64.6 cm³/mol. The van der Waals surface area contributed by atoms with Crippen molar-refractivity contribution in [2.75, 3.05) is 12.3 Å². The number of nitrogens with two attached hydrogens (primary N) is 1. The fraction of sp³-hybridized carbons (Fsp3) is 0.667. The second-order valence-electron chi connectivity index (χ2n) is 4.70. The van der Waals surface area contributed by atoms with Gasteiger partial charge in [-0.1, -0.05) is 6.92 Å². The summed E-state index contributed by atoms with van der Waals surface area (Å²) >= 11 is 0. The SMILES string of the molecule is CCOC(=O)c1nc(C)n(CC2CC2C)c1N. The van der Waals surface area contributed by atoms with Crippen molar-refractivity contribution >= 4 is 11.8 Å². The molecule has 2 unspecified atom stereocenters. The molecule has 0 spiro atoms. The summed E-state index contributed by atoms with van der Waals surface area (Å²) in [6.07, 6.45) is 1.23. The van der Waals surface area contributed by atoms with Crippen molar-refractivity contribution in [2.24, 2.45) is 11.8 Å². The Labute approximate surface area is 101 Å². The Morgan fingerprint density at radius 3 is 2.82 bits per heavy atom. The van der Waals surface area contributed by atoms with Crippen LogP contribution in [0.1, 0.15) is 36.6 Å². The van der Waals surface area contributed by atoms with Crippen LogP contribution in [0.5, 0.6) is 0 Å². The molecule has 1 aliphatic carbocycles. The van der Waals surface area contributed by atoms with E-state index in [9.17, 15) is 4.79 Å². The van der Waals surface area contributed by atoms with Crippen LogP contribution >= 0.6 is 0 Å². The molecule has 0 saturated heterocycles. The number of aromatic nitrogens is 2. The molecule has 0 amide bonds. The Hall–Kier alpha value is -1.52. The van der Waals surface area contributed by atoms with Crippen LogP contribution in [-0.2, 0) is 11.3 Å². The van der Waals surface area contributed by atoms with Gasteiger partial charge in [0.15, 0.2) is 5.69 Å². The molecule has 0 radical (unpaired) electrons. The van der Waals surface area contributed by atoms with E-state index in [-0.39, 0.29) is 5.69 Å². The van der Waals surface area contributed by atoms with Crippen LogP contribution in [0.4, 0.5) is 5.82 Å². The summed E-state index contributed by atoms with van der Waals surface area (Å²) in [5.74, 6) is 2.20. The minimum atomic E-state index is -0.435. The molecule has 0 aromatic carbocycles. The van der Waals surface area contributed by atoms with Gasteiger partial charge in [0.05, 0.1) is 6.61 Å². The van der Waals surface area contributed by atoms with E-state index in [2.05, 4.69) is 11.9 Å². The van der Waals surface area contributed by atoms with Gasteiger partial charge in [-0.25, -0.2) is 9.78 Å². The molecule has 0 bridgehead atoms. The number of rotatable bonds is 4. The lowest BCUT2D eigenvalue weighted by Crippen LogP contribution is -2.11.